The predicted octanol–water partition coefficient (Wildman–Crippen LogP) is 3.27. The summed E-state index contributed by atoms with van der Waals surface area (Å²) in [7, 11) is 0. The molecule has 0 unspecified atom stereocenters. The van der Waals surface area contributed by atoms with Gasteiger partial charge in [0.25, 0.3) is 0 Å². The molecule has 0 aliphatic heterocycles. The molecule has 3 nitrogen and oxygen atoms in total. The van der Waals surface area contributed by atoms with Gasteiger partial charge in [-0.05, 0) is 35.9 Å². The fourth-order valence-electron chi connectivity index (χ4n) is 1.61. The van der Waals surface area contributed by atoms with Gasteiger partial charge in [-0.25, -0.2) is 8.78 Å². The second-order valence-electron chi connectivity index (χ2n) is 4.07. The first-order valence-corrected chi connectivity index (χ1v) is 5.67. The van der Waals surface area contributed by atoms with Crippen molar-refractivity contribution < 1.29 is 23.8 Å². The lowest BCUT2D eigenvalue weighted by Gasteiger charge is -2.01. The van der Waals surface area contributed by atoms with Gasteiger partial charge in [0.15, 0.2) is 17.4 Å². The van der Waals surface area contributed by atoms with Gasteiger partial charge in [-0.1, -0.05) is 12.1 Å². The lowest BCUT2D eigenvalue weighted by molar-refractivity contribution is 0.104. The van der Waals surface area contributed by atoms with Crippen LogP contribution >= 0.6 is 0 Å². The molecule has 0 aliphatic carbocycles. The molecule has 0 heterocycles. The molecular formula is C15H10F2O3. The standard InChI is InChI=1S/C15H10F2O3/c16-12-5-1-9(7-13(12)17)2-6-14(19)11-4-3-10(18)8-15(11)20/h1-8,18,20H/b6-2+. The quantitative estimate of drug-likeness (QED) is 0.668. The Balaban J connectivity index is 2.22. The number of benzene rings is 2. The highest BCUT2D eigenvalue weighted by Crippen LogP contribution is 2.23. The first-order chi connectivity index (χ1) is 9.47. The molecule has 2 N–H and O–H groups in total. The minimum absolute atomic E-state index is 0.00151. The van der Waals surface area contributed by atoms with E-state index < -0.39 is 17.4 Å². The third kappa shape index (κ3) is 3.00. The average molecular weight is 276 g/mol. The van der Waals surface area contributed by atoms with E-state index in [1.165, 1.54) is 24.3 Å². The number of halogens is 2. The van der Waals surface area contributed by atoms with E-state index in [0.29, 0.717) is 5.56 Å². The van der Waals surface area contributed by atoms with Crippen LogP contribution in [0.3, 0.4) is 0 Å². The van der Waals surface area contributed by atoms with Gasteiger partial charge in [-0.3, -0.25) is 4.79 Å². The van der Waals surface area contributed by atoms with E-state index in [4.69, 9.17) is 5.11 Å². The van der Waals surface area contributed by atoms with Crippen molar-refractivity contribution in [2.45, 2.75) is 0 Å². The van der Waals surface area contributed by atoms with Crippen LogP contribution in [0.4, 0.5) is 8.78 Å². The molecule has 102 valence electrons. The molecule has 0 saturated heterocycles. The Morgan fingerprint density at radius 3 is 2.40 bits per heavy atom. The summed E-state index contributed by atoms with van der Waals surface area (Å²) in [6, 6.07) is 6.80. The Morgan fingerprint density at radius 2 is 1.75 bits per heavy atom. The molecule has 0 atom stereocenters. The average Bonchev–Trinajstić information content (AvgIpc) is 2.40. The van der Waals surface area contributed by atoms with Crippen LogP contribution in [0.5, 0.6) is 11.5 Å². The lowest BCUT2D eigenvalue weighted by atomic mass is 10.1. The van der Waals surface area contributed by atoms with Crippen LogP contribution in [0.15, 0.2) is 42.5 Å². The highest BCUT2D eigenvalue weighted by molar-refractivity contribution is 6.08. The molecule has 5 heteroatoms. The minimum Gasteiger partial charge on any atom is -0.508 e. The van der Waals surface area contributed by atoms with E-state index in [1.54, 1.807) is 0 Å². The Hall–Kier alpha value is -2.69. The Kier molecular flexibility index (Phi) is 3.79. The molecular weight excluding hydrogens is 266 g/mol. The van der Waals surface area contributed by atoms with Crippen molar-refractivity contribution in [2.24, 2.45) is 0 Å². The second kappa shape index (κ2) is 5.52. The zero-order valence-electron chi connectivity index (χ0n) is 10.2. The first kappa shape index (κ1) is 13.7. The molecule has 2 aromatic carbocycles. The first-order valence-electron chi connectivity index (χ1n) is 5.67. The fourth-order valence-corrected chi connectivity index (χ4v) is 1.61. The summed E-state index contributed by atoms with van der Waals surface area (Å²) < 4.78 is 25.7. The maximum atomic E-state index is 13.0. The van der Waals surface area contributed by atoms with E-state index in [9.17, 15) is 18.7 Å². The summed E-state index contributed by atoms with van der Waals surface area (Å²) in [5.41, 5.74) is 0.317. The van der Waals surface area contributed by atoms with Crippen LogP contribution in [0.1, 0.15) is 15.9 Å². The minimum atomic E-state index is -1.01. The van der Waals surface area contributed by atoms with Gasteiger partial charge >= 0.3 is 0 Å². The maximum Gasteiger partial charge on any atom is 0.189 e. The lowest BCUT2D eigenvalue weighted by Crippen LogP contribution is -1.94. The summed E-state index contributed by atoms with van der Waals surface area (Å²) in [6.07, 6.45) is 2.43. The molecule has 0 aliphatic rings. The normalized spacial score (nSPS) is 10.9. The van der Waals surface area contributed by atoms with Gasteiger partial charge in [0.2, 0.25) is 0 Å². The number of hydrogen-bond donors (Lipinski definition) is 2. The summed E-state index contributed by atoms with van der Waals surface area (Å²) in [6.45, 7) is 0. The summed E-state index contributed by atoms with van der Waals surface area (Å²) >= 11 is 0. The van der Waals surface area contributed by atoms with Crippen molar-refractivity contribution in [1.82, 2.24) is 0 Å². The number of phenolic OH excluding ortho intramolecular Hbond substituents is 2. The molecule has 2 rings (SSSR count). The number of ketones is 1. The van der Waals surface area contributed by atoms with Crippen molar-refractivity contribution in [3.8, 4) is 11.5 Å². The summed E-state index contributed by atoms with van der Waals surface area (Å²) in [5, 5.41) is 18.6. The molecule has 20 heavy (non-hydrogen) atoms. The molecule has 0 fully saturated rings. The van der Waals surface area contributed by atoms with E-state index in [1.807, 2.05) is 0 Å². The van der Waals surface area contributed by atoms with Crippen LogP contribution < -0.4 is 0 Å². The van der Waals surface area contributed by atoms with E-state index >= 15 is 0 Å². The molecule has 0 saturated carbocycles. The summed E-state index contributed by atoms with van der Waals surface area (Å²) in [4.78, 5) is 11.8. The van der Waals surface area contributed by atoms with Crippen LogP contribution in [0, 0.1) is 11.6 Å². The molecule has 0 amide bonds. The molecule has 0 bridgehead atoms. The van der Waals surface area contributed by atoms with Crippen LogP contribution in [0.2, 0.25) is 0 Å². The third-order valence-corrected chi connectivity index (χ3v) is 2.62. The largest absolute Gasteiger partial charge is 0.508 e. The van der Waals surface area contributed by atoms with E-state index in [2.05, 4.69) is 0 Å². The number of carbonyl (C=O) groups excluding carboxylic acids is 1. The van der Waals surface area contributed by atoms with Gasteiger partial charge < -0.3 is 10.2 Å². The van der Waals surface area contributed by atoms with Gasteiger partial charge in [0.1, 0.15) is 11.5 Å². The zero-order chi connectivity index (χ0) is 14.7. The van der Waals surface area contributed by atoms with Gasteiger partial charge in [0, 0.05) is 6.07 Å². The monoisotopic (exact) mass is 276 g/mol. The van der Waals surface area contributed by atoms with Crippen molar-refractivity contribution in [3.63, 3.8) is 0 Å². The number of rotatable bonds is 3. The van der Waals surface area contributed by atoms with Crippen LogP contribution in [-0.2, 0) is 0 Å². The topological polar surface area (TPSA) is 57.5 Å². The molecule has 0 aromatic heterocycles. The van der Waals surface area contributed by atoms with Gasteiger partial charge in [-0.2, -0.15) is 0 Å². The van der Waals surface area contributed by atoms with Gasteiger partial charge in [0.05, 0.1) is 5.56 Å². The SMILES string of the molecule is O=C(/C=C/c1ccc(F)c(F)c1)c1ccc(O)cc1O. The van der Waals surface area contributed by atoms with Crippen LogP contribution in [0.25, 0.3) is 6.08 Å². The number of phenols is 2. The Bertz CT molecular complexity index is 694. The molecule has 0 radical (unpaired) electrons. The highest BCUT2D eigenvalue weighted by atomic mass is 19.2. The fraction of sp³-hybridized carbons (Fsp3) is 0. The van der Waals surface area contributed by atoms with Crippen molar-refractivity contribution in [3.05, 3.63) is 65.2 Å². The second-order valence-corrected chi connectivity index (χ2v) is 4.07. The van der Waals surface area contributed by atoms with Crippen molar-refractivity contribution >= 4 is 11.9 Å². The molecule has 2 aromatic rings. The van der Waals surface area contributed by atoms with E-state index in [-0.39, 0.29) is 17.1 Å². The molecule has 0 spiro atoms. The smallest absolute Gasteiger partial charge is 0.189 e. The number of carbonyl (C=O) groups is 1. The maximum absolute atomic E-state index is 13.0. The Morgan fingerprint density at radius 1 is 1.00 bits per heavy atom. The number of aromatic hydroxyl groups is 2. The van der Waals surface area contributed by atoms with E-state index in [0.717, 1.165) is 24.3 Å². The highest BCUT2D eigenvalue weighted by Gasteiger charge is 2.08. The number of hydrogen-bond acceptors (Lipinski definition) is 3. The van der Waals surface area contributed by atoms with Crippen molar-refractivity contribution in [2.75, 3.05) is 0 Å². The van der Waals surface area contributed by atoms with Crippen molar-refractivity contribution in [1.29, 1.82) is 0 Å². The van der Waals surface area contributed by atoms with Gasteiger partial charge in [-0.15, -0.1) is 0 Å². The van der Waals surface area contributed by atoms with Crippen LogP contribution in [-0.4, -0.2) is 16.0 Å². The zero-order valence-corrected chi connectivity index (χ0v) is 10.2. The number of allylic oxidation sites excluding steroid dienone is 1. The summed E-state index contributed by atoms with van der Waals surface area (Å²) in [5.74, 6) is -3.02. The Labute approximate surface area is 113 Å². The third-order valence-electron chi connectivity index (χ3n) is 2.62. The predicted molar refractivity (Wildman–Crippen MR) is 69.5 cm³/mol.